The summed E-state index contributed by atoms with van der Waals surface area (Å²) in [5.41, 5.74) is 5.23. The fourth-order valence-electron chi connectivity index (χ4n) is 1.19. The van der Waals surface area contributed by atoms with Crippen LogP contribution in [0.4, 0.5) is 10.1 Å². The predicted octanol–water partition coefficient (Wildman–Crippen LogP) is 0.763. The van der Waals surface area contributed by atoms with E-state index >= 15 is 0 Å². The minimum absolute atomic E-state index is 0.0629. The van der Waals surface area contributed by atoms with Gasteiger partial charge in [0.2, 0.25) is 0 Å². The van der Waals surface area contributed by atoms with Gasteiger partial charge in [-0.1, -0.05) is 12.1 Å². The Morgan fingerprint density at radius 3 is 2.65 bits per heavy atom. The summed E-state index contributed by atoms with van der Waals surface area (Å²) >= 11 is 0. The molecule has 0 aliphatic rings. The van der Waals surface area contributed by atoms with Gasteiger partial charge in [0, 0.05) is 13.6 Å². The molecule has 17 heavy (non-hydrogen) atoms. The fraction of sp³-hybridized carbons (Fsp3) is 0.400. The molecule has 5 nitrogen and oxygen atoms in total. The van der Waals surface area contributed by atoms with Gasteiger partial charge in [-0.25, -0.2) is 4.39 Å². The Balaban J connectivity index is 2.76. The van der Waals surface area contributed by atoms with Gasteiger partial charge in [-0.05, 0) is 25.1 Å². The van der Waals surface area contributed by atoms with Gasteiger partial charge in [0.05, 0.1) is 5.69 Å². The van der Waals surface area contributed by atoms with Crippen LogP contribution in [0.25, 0.3) is 0 Å². The third kappa shape index (κ3) is 3.95. The number of nitrogens with one attached hydrogen (secondary N) is 1. The van der Waals surface area contributed by atoms with Crippen LogP contribution in [-0.2, 0) is 10.2 Å². The molecule has 1 aromatic carbocycles. The van der Waals surface area contributed by atoms with E-state index in [0.717, 1.165) is 4.31 Å². The SMILES string of the molecule is CN(CCCN)S(=O)(=O)Nc1ccccc1F. The lowest BCUT2D eigenvalue weighted by Gasteiger charge is -2.18. The van der Waals surface area contributed by atoms with Crippen molar-refractivity contribution in [2.24, 2.45) is 5.73 Å². The molecule has 7 heteroatoms. The van der Waals surface area contributed by atoms with Crippen LogP contribution in [0.1, 0.15) is 6.42 Å². The molecule has 96 valence electrons. The van der Waals surface area contributed by atoms with E-state index in [4.69, 9.17) is 5.73 Å². The van der Waals surface area contributed by atoms with Crippen molar-refractivity contribution in [1.82, 2.24) is 4.31 Å². The fourth-order valence-corrected chi connectivity index (χ4v) is 2.16. The summed E-state index contributed by atoms with van der Waals surface area (Å²) in [5.74, 6) is -0.608. The molecule has 0 aliphatic heterocycles. The molecule has 0 heterocycles. The maximum atomic E-state index is 13.3. The lowest BCUT2D eigenvalue weighted by molar-refractivity contribution is 0.468. The zero-order chi connectivity index (χ0) is 12.9. The summed E-state index contributed by atoms with van der Waals surface area (Å²) in [6.45, 7) is 0.694. The topological polar surface area (TPSA) is 75.4 Å². The van der Waals surface area contributed by atoms with Crippen LogP contribution in [0.5, 0.6) is 0 Å². The Hall–Kier alpha value is -1.18. The minimum atomic E-state index is -3.72. The van der Waals surface area contributed by atoms with Gasteiger partial charge in [0.25, 0.3) is 0 Å². The summed E-state index contributed by atoms with van der Waals surface area (Å²) in [6.07, 6.45) is 0.550. The molecule has 0 unspecified atom stereocenters. The second-order valence-corrected chi connectivity index (χ2v) is 5.33. The summed E-state index contributed by atoms with van der Waals surface area (Å²) in [6, 6.07) is 5.60. The molecule has 0 aromatic heterocycles. The van der Waals surface area contributed by atoms with Crippen molar-refractivity contribution in [2.75, 3.05) is 24.9 Å². The van der Waals surface area contributed by atoms with E-state index in [2.05, 4.69) is 4.72 Å². The number of hydrogen-bond donors (Lipinski definition) is 2. The standard InChI is InChI=1S/C10H16FN3O2S/c1-14(8-4-7-12)17(15,16)13-10-6-3-2-5-9(10)11/h2-3,5-6,13H,4,7-8,12H2,1H3. The van der Waals surface area contributed by atoms with Crippen molar-refractivity contribution in [3.8, 4) is 0 Å². The predicted molar refractivity (Wildman–Crippen MR) is 65.2 cm³/mol. The molecule has 0 fully saturated rings. The lowest BCUT2D eigenvalue weighted by atomic mass is 10.3. The average Bonchev–Trinajstić information content (AvgIpc) is 2.28. The molecule has 0 aliphatic carbocycles. The minimum Gasteiger partial charge on any atom is -0.330 e. The van der Waals surface area contributed by atoms with Crippen LogP contribution < -0.4 is 10.5 Å². The van der Waals surface area contributed by atoms with Crippen molar-refractivity contribution in [2.45, 2.75) is 6.42 Å². The van der Waals surface area contributed by atoms with Gasteiger partial charge in [-0.15, -0.1) is 0 Å². The molecule has 0 saturated heterocycles. The molecule has 0 amide bonds. The monoisotopic (exact) mass is 261 g/mol. The molecule has 1 aromatic rings. The first-order chi connectivity index (χ1) is 7.97. The zero-order valence-corrected chi connectivity index (χ0v) is 10.4. The van der Waals surface area contributed by atoms with Gasteiger partial charge in [-0.2, -0.15) is 12.7 Å². The highest BCUT2D eigenvalue weighted by Gasteiger charge is 2.18. The third-order valence-corrected chi connectivity index (χ3v) is 3.68. The summed E-state index contributed by atoms with van der Waals surface area (Å²) in [5, 5.41) is 0. The molecule has 0 saturated carbocycles. The molecular formula is C10H16FN3O2S. The molecule has 3 N–H and O–H groups in total. The van der Waals surface area contributed by atoms with Crippen LogP contribution >= 0.6 is 0 Å². The van der Waals surface area contributed by atoms with Crippen LogP contribution in [0.15, 0.2) is 24.3 Å². The van der Waals surface area contributed by atoms with E-state index < -0.39 is 16.0 Å². The second-order valence-electron chi connectivity index (χ2n) is 3.55. The highest BCUT2D eigenvalue weighted by molar-refractivity contribution is 7.90. The Bertz CT molecular complexity index is 464. The number of hydrogen-bond acceptors (Lipinski definition) is 3. The summed E-state index contributed by atoms with van der Waals surface area (Å²) in [4.78, 5) is 0. The lowest BCUT2D eigenvalue weighted by Crippen LogP contribution is -2.34. The molecule has 0 spiro atoms. The Kier molecular flexibility index (Phi) is 4.86. The molecule has 1 rings (SSSR count). The molecule has 0 radical (unpaired) electrons. The van der Waals surface area contributed by atoms with Crippen LogP contribution in [-0.4, -0.2) is 32.9 Å². The number of halogens is 1. The summed E-state index contributed by atoms with van der Waals surface area (Å²) in [7, 11) is -2.30. The quantitative estimate of drug-likeness (QED) is 0.794. The van der Waals surface area contributed by atoms with E-state index in [-0.39, 0.29) is 5.69 Å². The number of para-hydroxylation sites is 1. The van der Waals surface area contributed by atoms with Gasteiger partial charge < -0.3 is 5.73 Å². The van der Waals surface area contributed by atoms with Crippen molar-refractivity contribution in [1.29, 1.82) is 0 Å². The number of benzene rings is 1. The van der Waals surface area contributed by atoms with Crippen LogP contribution in [0.2, 0.25) is 0 Å². The van der Waals surface area contributed by atoms with Gasteiger partial charge >= 0.3 is 10.2 Å². The van der Waals surface area contributed by atoms with E-state index in [9.17, 15) is 12.8 Å². The van der Waals surface area contributed by atoms with Crippen LogP contribution in [0.3, 0.4) is 0 Å². The van der Waals surface area contributed by atoms with Gasteiger partial charge in [0.1, 0.15) is 5.82 Å². The Morgan fingerprint density at radius 1 is 1.41 bits per heavy atom. The highest BCUT2D eigenvalue weighted by atomic mass is 32.2. The number of nitrogens with two attached hydrogens (primary N) is 1. The van der Waals surface area contributed by atoms with Crippen molar-refractivity contribution in [3.05, 3.63) is 30.1 Å². The third-order valence-electron chi connectivity index (χ3n) is 2.20. The normalized spacial score (nSPS) is 11.8. The largest absolute Gasteiger partial charge is 0.330 e. The van der Waals surface area contributed by atoms with E-state index in [1.165, 1.54) is 25.2 Å². The van der Waals surface area contributed by atoms with Gasteiger partial charge in [0.15, 0.2) is 0 Å². The first kappa shape index (κ1) is 13.9. The Labute approximate surface area is 101 Å². The molecule has 0 bridgehead atoms. The number of rotatable bonds is 6. The summed E-state index contributed by atoms with van der Waals surface area (Å²) < 4.78 is 40.1. The maximum absolute atomic E-state index is 13.3. The van der Waals surface area contributed by atoms with E-state index in [1.807, 2.05) is 0 Å². The maximum Gasteiger partial charge on any atom is 0.301 e. The van der Waals surface area contributed by atoms with Gasteiger partial charge in [-0.3, -0.25) is 4.72 Å². The number of anilines is 1. The van der Waals surface area contributed by atoms with Crippen LogP contribution in [0, 0.1) is 5.82 Å². The van der Waals surface area contributed by atoms with E-state index in [1.54, 1.807) is 6.07 Å². The second kappa shape index (κ2) is 5.95. The van der Waals surface area contributed by atoms with E-state index in [0.29, 0.717) is 19.5 Å². The zero-order valence-electron chi connectivity index (χ0n) is 9.56. The van der Waals surface area contributed by atoms with Crippen molar-refractivity contribution < 1.29 is 12.8 Å². The smallest absolute Gasteiger partial charge is 0.301 e. The number of nitrogens with zero attached hydrogens (tertiary/aromatic N) is 1. The average molecular weight is 261 g/mol. The Morgan fingerprint density at radius 2 is 2.06 bits per heavy atom. The first-order valence-electron chi connectivity index (χ1n) is 5.16. The first-order valence-corrected chi connectivity index (χ1v) is 6.60. The molecular weight excluding hydrogens is 245 g/mol. The molecule has 0 atom stereocenters. The van der Waals surface area contributed by atoms with Crippen molar-refractivity contribution >= 4 is 15.9 Å². The van der Waals surface area contributed by atoms with Crippen molar-refractivity contribution in [3.63, 3.8) is 0 Å². The highest BCUT2D eigenvalue weighted by Crippen LogP contribution is 2.15.